The molecule has 216 valence electrons. The van der Waals surface area contributed by atoms with Gasteiger partial charge in [0.15, 0.2) is 5.78 Å². The van der Waals surface area contributed by atoms with Crippen molar-refractivity contribution in [2.45, 2.75) is 51.6 Å². The third-order valence-corrected chi connectivity index (χ3v) is 9.13. The number of halogens is 4. The summed E-state index contributed by atoms with van der Waals surface area (Å²) in [5.41, 5.74) is 5.03. The molecule has 42 heavy (non-hydrogen) atoms. The molecular weight excluding hydrogens is 585 g/mol. The minimum absolute atomic E-state index is 0.0486. The molecule has 1 aliphatic heterocycles. The molecule has 1 spiro atoms. The molecule has 7 nitrogen and oxygen atoms in total. The molecule has 3 aliphatic rings. The van der Waals surface area contributed by atoms with Crippen LogP contribution >= 0.6 is 23.2 Å². The van der Waals surface area contributed by atoms with E-state index in [1.807, 2.05) is 12.1 Å². The average molecular weight is 611 g/mol. The second-order valence-corrected chi connectivity index (χ2v) is 12.2. The van der Waals surface area contributed by atoms with Crippen LogP contribution in [0.1, 0.15) is 66.8 Å². The lowest BCUT2D eigenvalue weighted by atomic mass is 9.63. The highest BCUT2D eigenvalue weighted by molar-refractivity contribution is 6.39. The lowest BCUT2D eigenvalue weighted by Crippen LogP contribution is -2.42. The van der Waals surface area contributed by atoms with Gasteiger partial charge in [0.05, 0.1) is 15.6 Å². The van der Waals surface area contributed by atoms with Crippen molar-refractivity contribution in [1.29, 1.82) is 0 Å². The number of nitrogens with zero attached hydrogens (tertiary/aromatic N) is 4. The van der Waals surface area contributed by atoms with Gasteiger partial charge >= 0.3 is 6.61 Å². The lowest BCUT2D eigenvalue weighted by molar-refractivity contribution is -0.0488. The van der Waals surface area contributed by atoms with Gasteiger partial charge in [-0.05, 0) is 61.3 Å². The first-order valence-corrected chi connectivity index (χ1v) is 14.6. The van der Waals surface area contributed by atoms with Gasteiger partial charge < -0.3 is 14.2 Å². The van der Waals surface area contributed by atoms with E-state index in [0.717, 1.165) is 62.2 Å². The summed E-state index contributed by atoms with van der Waals surface area (Å²) in [5, 5.41) is 5.74. The molecule has 2 fully saturated rings. The van der Waals surface area contributed by atoms with Crippen molar-refractivity contribution in [3.63, 3.8) is 0 Å². The number of Topliss-reactive ketones (excluding diaryl/α,β-unsaturated/α-hetero) is 1. The molecule has 4 aromatic rings. The van der Waals surface area contributed by atoms with Gasteiger partial charge in [-0.3, -0.25) is 9.78 Å². The van der Waals surface area contributed by atoms with Crippen LogP contribution in [0, 0.1) is 5.41 Å². The van der Waals surface area contributed by atoms with Crippen molar-refractivity contribution >= 4 is 51.1 Å². The predicted molar refractivity (Wildman–Crippen MR) is 157 cm³/mol. The van der Waals surface area contributed by atoms with Crippen LogP contribution in [0.25, 0.3) is 27.7 Å². The van der Waals surface area contributed by atoms with Gasteiger partial charge in [-0.25, -0.2) is 4.98 Å². The summed E-state index contributed by atoms with van der Waals surface area (Å²) in [6.45, 7) is -0.0652. The van der Waals surface area contributed by atoms with Crippen molar-refractivity contribution in [1.82, 2.24) is 15.1 Å². The van der Waals surface area contributed by atoms with Crippen LogP contribution in [0.15, 0.2) is 47.3 Å². The van der Waals surface area contributed by atoms with E-state index < -0.39 is 6.61 Å². The number of carbonyl (C=O) groups is 1. The highest BCUT2D eigenvalue weighted by Gasteiger charge is 2.44. The molecule has 0 unspecified atom stereocenters. The summed E-state index contributed by atoms with van der Waals surface area (Å²) >= 11 is 13.0. The van der Waals surface area contributed by atoms with Gasteiger partial charge in [-0.2, -0.15) is 8.78 Å². The SMILES string of the molecule is CC(=O)c1cc(OC(F)F)c2cc(N3CCC4(C=C(c5c(-c6c(Cl)cncc6Cl)noc5C5CC5)C4)CC3)ccc2n1. The molecule has 0 bridgehead atoms. The van der Waals surface area contributed by atoms with E-state index in [-0.39, 0.29) is 22.6 Å². The van der Waals surface area contributed by atoms with Crippen LogP contribution in [0.2, 0.25) is 10.0 Å². The number of ketones is 1. The van der Waals surface area contributed by atoms with E-state index in [9.17, 15) is 13.6 Å². The van der Waals surface area contributed by atoms with Crippen molar-refractivity contribution in [3.8, 4) is 17.0 Å². The zero-order valence-corrected chi connectivity index (χ0v) is 24.2. The number of aromatic nitrogens is 3. The number of piperidine rings is 1. The number of pyridine rings is 2. The summed E-state index contributed by atoms with van der Waals surface area (Å²) < 4.78 is 37.0. The highest BCUT2D eigenvalue weighted by Crippen LogP contribution is 2.56. The third-order valence-electron chi connectivity index (χ3n) is 8.56. The second kappa shape index (κ2) is 10.3. The molecular formula is C31H26Cl2F2N4O3. The lowest BCUT2D eigenvalue weighted by Gasteiger charge is -2.47. The molecule has 1 aromatic carbocycles. The van der Waals surface area contributed by atoms with E-state index in [1.54, 1.807) is 18.5 Å². The summed E-state index contributed by atoms with van der Waals surface area (Å²) in [4.78, 5) is 22.5. The van der Waals surface area contributed by atoms with Gasteiger partial charge in [-0.15, -0.1) is 0 Å². The third kappa shape index (κ3) is 4.82. The first-order chi connectivity index (χ1) is 20.2. The fourth-order valence-corrected chi connectivity index (χ4v) is 6.75. The number of carbonyl (C=O) groups excluding carboxylic acids is 1. The molecule has 11 heteroatoms. The smallest absolute Gasteiger partial charge is 0.387 e. The molecule has 1 saturated carbocycles. The van der Waals surface area contributed by atoms with Crippen LogP contribution in [0.3, 0.4) is 0 Å². The Morgan fingerprint density at radius 1 is 1.12 bits per heavy atom. The van der Waals surface area contributed by atoms with E-state index in [4.69, 9.17) is 32.5 Å². The van der Waals surface area contributed by atoms with Gasteiger partial charge in [0.1, 0.15) is 22.9 Å². The minimum Gasteiger partial charge on any atom is -0.434 e. The Labute approximate surface area is 250 Å². The summed E-state index contributed by atoms with van der Waals surface area (Å²) in [5.74, 6) is 0.913. The number of anilines is 1. The van der Waals surface area contributed by atoms with E-state index >= 15 is 0 Å². The minimum atomic E-state index is -3.01. The molecule has 2 aliphatic carbocycles. The fraction of sp³-hybridized carbons (Fsp3) is 0.355. The van der Waals surface area contributed by atoms with Gasteiger partial charge in [0.2, 0.25) is 0 Å². The Morgan fingerprint density at radius 3 is 2.48 bits per heavy atom. The largest absolute Gasteiger partial charge is 0.434 e. The maximum Gasteiger partial charge on any atom is 0.387 e. The molecule has 0 amide bonds. The number of hydrogen-bond acceptors (Lipinski definition) is 7. The Balaban J connectivity index is 1.14. The normalized spacial score (nSPS) is 18.0. The second-order valence-electron chi connectivity index (χ2n) is 11.4. The van der Waals surface area contributed by atoms with Crippen molar-refractivity contribution in [3.05, 3.63) is 69.8 Å². The van der Waals surface area contributed by atoms with Crippen LogP contribution in [0.5, 0.6) is 5.75 Å². The molecule has 0 radical (unpaired) electrons. The summed E-state index contributed by atoms with van der Waals surface area (Å²) in [6.07, 6.45) is 10.4. The molecule has 0 N–H and O–H groups in total. The molecule has 0 atom stereocenters. The van der Waals surface area contributed by atoms with Crippen LogP contribution in [0.4, 0.5) is 14.5 Å². The Hall–Kier alpha value is -3.56. The highest BCUT2D eigenvalue weighted by atomic mass is 35.5. The number of fused-ring (bicyclic) bond motifs is 1. The Bertz CT molecular complexity index is 1740. The number of ether oxygens (including phenoxy) is 1. The average Bonchev–Trinajstić information content (AvgIpc) is 3.70. The van der Waals surface area contributed by atoms with Crippen molar-refractivity contribution < 1.29 is 22.8 Å². The van der Waals surface area contributed by atoms with E-state index in [1.165, 1.54) is 18.6 Å². The fourth-order valence-electron chi connectivity index (χ4n) is 6.21. The summed E-state index contributed by atoms with van der Waals surface area (Å²) in [7, 11) is 0. The Morgan fingerprint density at radius 2 is 1.83 bits per heavy atom. The standard InChI is InChI=1S/C31H26Cl2F2N4O3/c1-16(40)24-11-25(41-30(34)35)20-10-19(4-5-23(20)37-24)39-8-6-31(7-9-39)12-18(13-31)26-28(38-42-29(26)17-2-3-17)27-21(32)14-36-15-22(27)33/h4-5,10-12,14-15,17,30H,2-3,6-9,13H2,1H3. The first-order valence-electron chi connectivity index (χ1n) is 13.9. The number of allylic oxidation sites excluding steroid dienone is 2. The molecule has 7 rings (SSSR count). The summed E-state index contributed by atoms with van der Waals surface area (Å²) in [6, 6.07) is 6.77. The van der Waals surface area contributed by atoms with Gasteiger partial charge in [0, 0.05) is 66.6 Å². The number of benzene rings is 1. The predicted octanol–water partition coefficient (Wildman–Crippen LogP) is 8.35. The Kier molecular flexibility index (Phi) is 6.70. The van der Waals surface area contributed by atoms with Crippen LogP contribution in [-0.4, -0.2) is 40.6 Å². The monoisotopic (exact) mass is 610 g/mol. The zero-order chi connectivity index (χ0) is 29.2. The maximum absolute atomic E-state index is 13.2. The quantitative estimate of drug-likeness (QED) is 0.194. The number of rotatable bonds is 7. The number of alkyl halides is 2. The number of hydrogen-bond donors (Lipinski definition) is 0. The van der Waals surface area contributed by atoms with Crippen LogP contribution < -0.4 is 9.64 Å². The topological polar surface area (TPSA) is 81.4 Å². The van der Waals surface area contributed by atoms with Crippen molar-refractivity contribution in [2.75, 3.05) is 18.0 Å². The first kappa shape index (κ1) is 27.3. The molecule has 4 heterocycles. The van der Waals surface area contributed by atoms with Crippen LogP contribution in [-0.2, 0) is 0 Å². The van der Waals surface area contributed by atoms with Gasteiger partial charge in [-0.1, -0.05) is 34.4 Å². The maximum atomic E-state index is 13.2. The van der Waals surface area contributed by atoms with Gasteiger partial charge in [0.25, 0.3) is 0 Å². The molecule has 1 saturated heterocycles. The molecule has 3 aromatic heterocycles. The van der Waals surface area contributed by atoms with Crippen molar-refractivity contribution in [2.24, 2.45) is 5.41 Å². The van der Waals surface area contributed by atoms with E-state index in [0.29, 0.717) is 38.1 Å². The zero-order valence-electron chi connectivity index (χ0n) is 22.7. The van der Waals surface area contributed by atoms with E-state index in [2.05, 4.69) is 26.1 Å².